The van der Waals surface area contributed by atoms with Gasteiger partial charge in [0.15, 0.2) is 0 Å². The predicted octanol–water partition coefficient (Wildman–Crippen LogP) is 4.87. The van der Waals surface area contributed by atoms with Crippen LogP contribution in [0.15, 0.2) is 10.7 Å². The van der Waals surface area contributed by atoms with Gasteiger partial charge < -0.3 is 5.11 Å². The average Bonchev–Trinajstić information content (AvgIpc) is 2.81. The van der Waals surface area contributed by atoms with Gasteiger partial charge in [0.2, 0.25) is 0 Å². The molecular formula is C17H29BrN2O. The fourth-order valence-electron chi connectivity index (χ4n) is 3.61. The van der Waals surface area contributed by atoms with Crippen molar-refractivity contribution >= 4 is 15.9 Å². The highest BCUT2D eigenvalue weighted by Crippen LogP contribution is 2.47. The standard InChI is InChI=1S/C17H29BrN2O/c1-5-11-20-15(14(18)12-19-20)17(21)9-7-13(8-10-17)16(3,4)6-2/h12-13,21H,5-11H2,1-4H3. The Hall–Kier alpha value is -0.350. The maximum atomic E-state index is 11.2. The molecule has 1 fully saturated rings. The van der Waals surface area contributed by atoms with Crippen molar-refractivity contribution in [2.45, 2.75) is 78.4 Å². The van der Waals surface area contributed by atoms with Gasteiger partial charge in [-0.1, -0.05) is 34.1 Å². The van der Waals surface area contributed by atoms with Crippen LogP contribution in [-0.2, 0) is 12.1 Å². The molecule has 1 aromatic heterocycles. The molecule has 0 unspecified atom stereocenters. The van der Waals surface area contributed by atoms with Gasteiger partial charge in [0.25, 0.3) is 0 Å². The summed E-state index contributed by atoms with van der Waals surface area (Å²) in [4.78, 5) is 0. The lowest BCUT2D eigenvalue weighted by Crippen LogP contribution is -2.38. The monoisotopic (exact) mass is 356 g/mol. The second kappa shape index (κ2) is 6.41. The van der Waals surface area contributed by atoms with Gasteiger partial charge in [-0.15, -0.1) is 0 Å². The molecule has 1 aromatic rings. The second-order valence-electron chi connectivity index (χ2n) is 7.21. The van der Waals surface area contributed by atoms with Gasteiger partial charge in [-0.05, 0) is 59.4 Å². The quantitative estimate of drug-likeness (QED) is 0.816. The molecule has 0 atom stereocenters. The number of nitrogens with zero attached hydrogens (tertiary/aromatic N) is 2. The van der Waals surface area contributed by atoms with E-state index in [0.29, 0.717) is 11.3 Å². The van der Waals surface area contributed by atoms with Crippen LogP contribution in [0.1, 0.15) is 71.9 Å². The average molecular weight is 357 g/mol. The first-order valence-electron chi connectivity index (χ1n) is 8.28. The number of hydrogen-bond acceptors (Lipinski definition) is 2. The highest BCUT2D eigenvalue weighted by Gasteiger charge is 2.42. The molecule has 120 valence electrons. The summed E-state index contributed by atoms with van der Waals surface area (Å²) >= 11 is 3.58. The lowest BCUT2D eigenvalue weighted by atomic mass is 9.66. The summed E-state index contributed by atoms with van der Waals surface area (Å²) in [7, 11) is 0. The zero-order valence-corrected chi connectivity index (χ0v) is 15.4. The predicted molar refractivity (Wildman–Crippen MR) is 90.1 cm³/mol. The van der Waals surface area contributed by atoms with Crippen LogP contribution in [0.2, 0.25) is 0 Å². The van der Waals surface area contributed by atoms with E-state index in [1.165, 1.54) is 6.42 Å². The van der Waals surface area contributed by atoms with E-state index in [0.717, 1.165) is 48.8 Å². The van der Waals surface area contributed by atoms with E-state index in [1.807, 2.05) is 10.9 Å². The highest BCUT2D eigenvalue weighted by atomic mass is 79.9. The van der Waals surface area contributed by atoms with Gasteiger partial charge in [0.05, 0.1) is 16.4 Å². The van der Waals surface area contributed by atoms with Gasteiger partial charge in [0, 0.05) is 6.54 Å². The Labute approximate surface area is 137 Å². The van der Waals surface area contributed by atoms with Crippen LogP contribution in [0.4, 0.5) is 0 Å². The third-order valence-electron chi connectivity index (χ3n) is 5.50. The van der Waals surface area contributed by atoms with Gasteiger partial charge in [-0.3, -0.25) is 4.68 Å². The minimum Gasteiger partial charge on any atom is -0.384 e. The van der Waals surface area contributed by atoms with Crippen molar-refractivity contribution in [3.63, 3.8) is 0 Å². The molecule has 0 aromatic carbocycles. The minimum absolute atomic E-state index is 0.377. The summed E-state index contributed by atoms with van der Waals surface area (Å²) in [6.07, 6.45) is 7.94. The van der Waals surface area contributed by atoms with Crippen LogP contribution in [0, 0.1) is 11.3 Å². The Kier molecular flexibility index (Phi) is 5.19. The first-order chi connectivity index (χ1) is 9.84. The lowest BCUT2D eigenvalue weighted by molar-refractivity contribution is -0.0397. The van der Waals surface area contributed by atoms with Crippen molar-refractivity contribution in [3.05, 3.63) is 16.4 Å². The summed E-state index contributed by atoms with van der Waals surface area (Å²) in [6, 6.07) is 0. The molecule has 21 heavy (non-hydrogen) atoms. The Morgan fingerprint density at radius 1 is 1.38 bits per heavy atom. The zero-order valence-electron chi connectivity index (χ0n) is 13.8. The molecule has 1 aliphatic rings. The number of hydrogen-bond donors (Lipinski definition) is 1. The first-order valence-corrected chi connectivity index (χ1v) is 9.07. The Morgan fingerprint density at radius 2 is 2.00 bits per heavy atom. The van der Waals surface area contributed by atoms with E-state index < -0.39 is 5.60 Å². The fourth-order valence-corrected chi connectivity index (χ4v) is 4.27. The molecule has 0 amide bonds. The van der Waals surface area contributed by atoms with Crippen LogP contribution >= 0.6 is 15.9 Å². The molecular weight excluding hydrogens is 328 g/mol. The number of rotatable bonds is 5. The summed E-state index contributed by atoms with van der Waals surface area (Å²) in [5, 5.41) is 15.6. The fraction of sp³-hybridized carbons (Fsp3) is 0.824. The molecule has 4 heteroatoms. The van der Waals surface area contributed by atoms with Crippen LogP contribution in [0.25, 0.3) is 0 Å². The van der Waals surface area contributed by atoms with E-state index in [2.05, 4.69) is 48.7 Å². The van der Waals surface area contributed by atoms with Crippen molar-refractivity contribution in [1.82, 2.24) is 9.78 Å². The summed E-state index contributed by atoms with van der Waals surface area (Å²) in [5.74, 6) is 0.712. The summed E-state index contributed by atoms with van der Waals surface area (Å²) in [6.45, 7) is 10.0. The Morgan fingerprint density at radius 3 is 2.52 bits per heavy atom. The van der Waals surface area contributed by atoms with Crippen molar-refractivity contribution in [2.75, 3.05) is 0 Å². The van der Waals surface area contributed by atoms with Crippen molar-refractivity contribution in [1.29, 1.82) is 0 Å². The Balaban J connectivity index is 2.17. The number of aryl methyl sites for hydroxylation is 1. The molecule has 1 saturated carbocycles. The van der Waals surface area contributed by atoms with Crippen molar-refractivity contribution < 1.29 is 5.11 Å². The highest BCUT2D eigenvalue weighted by molar-refractivity contribution is 9.10. The maximum absolute atomic E-state index is 11.2. The van der Waals surface area contributed by atoms with Crippen molar-refractivity contribution in [2.24, 2.45) is 11.3 Å². The molecule has 3 nitrogen and oxygen atoms in total. The smallest absolute Gasteiger partial charge is 0.107 e. The third-order valence-corrected chi connectivity index (χ3v) is 6.08. The van der Waals surface area contributed by atoms with Crippen LogP contribution in [0.3, 0.4) is 0 Å². The van der Waals surface area contributed by atoms with E-state index in [-0.39, 0.29) is 0 Å². The largest absolute Gasteiger partial charge is 0.384 e. The van der Waals surface area contributed by atoms with Gasteiger partial charge in [-0.25, -0.2) is 0 Å². The molecule has 1 heterocycles. The molecule has 0 spiro atoms. The molecule has 1 N–H and O–H groups in total. The van der Waals surface area contributed by atoms with Crippen molar-refractivity contribution in [3.8, 4) is 0 Å². The number of aromatic nitrogens is 2. The minimum atomic E-state index is -0.717. The number of aliphatic hydroxyl groups is 1. The van der Waals surface area contributed by atoms with Crippen LogP contribution in [0.5, 0.6) is 0 Å². The van der Waals surface area contributed by atoms with Gasteiger partial charge in [-0.2, -0.15) is 5.10 Å². The molecule has 2 rings (SSSR count). The zero-order chi connectivity index (χ0) is 15.7. The second-order valence-corrected chi connectivity index (χ2v) is 8.07. The van der Waals surface area contributed by atoms with Crippen LogP contribution in [-0.4, -0.2) is 14.9 Å². The molecule has 0 bridgehead atoms. The molecule has 0 saturated heterocycles. The molecule has 0 aliphatic heterocycles. The third kappa shape index (κ3) is 3.37. The van der Waals surface area contributed by atoms with Gasteiger partial charge >= 0.3 is 0 Å². The number of halogens is 1. The topological polar surface area (TPSA) is 38.0 Å². The van der Waals surface area contributed by atoms with Gasteiger partial charge in [0.1, 0.15) is 5.60 Å². The first kappa shape index (κ1) is 17.0. The normalized spacial score (nSPS) is 27.0. The molecule has 0 radical (unpaired) electrons. The summed E-state index contributed by atoms with van der Waals surface area (Å²) < 4.78 is 2.93. The molecule has 1 aliphatic carbocycles. The Bertz CT molecular complexity index is 473. The van der Waals surface area contributed by atoms with E-state index in [4.69, 9.17) is 0 Å². The summed E-state index contributed by atoms with van der Waals surface area (Å²) in [5.41, 5.74) is 0.643. The SMILES string of the molecule is CCCn1ncc(Br)c1C1(O)CCC(C(C)(C)CC)CC1. The van der Waals surface area contributed by atoms with E-state index >= 15 is 0 Å². The lowest BCUT2D eigenvalue weighted by Gasteiger charge is -2.42. The van der Waals surface area contributed by atoms with E-state index in [1.54, 1.807) is 0 Å². The van der Waals surface area contributed by atoms with E-state index in [9.17, 15) is 5.11 Å². The van der Waals surface area contributed by atoms with Crippen LogP contribution < -0.4 is 0 Å². The maximum Gasteiger partial charge on any atom is 0.107 e.